The number of benzene rings is 1. The molecular formula is C24H22ClN5OS2. The van der Waals surface area contributed by atoms with Crippen molar-refractivity contribution in [2.75, 3.05) is 12.0 Å². The molecule has 0 bridgehead atoms. The average Bonchev–Trinajstić information content (AvgIpc) is 3.52. The number of rotatable bonds is 5. The van der Waals surface area contributed by atoms with Crippen LogP contribution in [0.25, 0.3) is 5.13 Å². The third-order valence-electron chi connectivity index (χ3n) is 5.91. The Morgan fingerprint density at radius 1 is 1.12 bits per heavy atom. The molecule has 4 aromatic rings. The first-order chi connectivity index (χ1) is 16.0. The number of aromatic nitrogens is 3. The van der Waals surface area contributed by atoms with Crippen molar-refractivity contribution in [2.24, 2.45) is 0 Å². The minimum absolute atomic E-state index is 0.128. The lowest BCUT2D eigenvalue weighted by Crippen LogP contribution is -2.29. The van der Waals surface area contributed by atoms with Gasteiger partial charge in [-0.3, -0.25) is 9.55 Å². The van der Waals surface area contributed by atoms with Crippen LogP contribution < -0.4 is 15.0 Å². The van der Waals surface area contributed by atoms with Gasteiger partial charge in [-0.25, -0.2) is 4.98 Å². The van der Waals surface area contributed by atoms with E-state index in [1.807, 2.05) is 54.2 Å². The molecule has 168 valence electrons. The van der Waals surface area contributed by atoms with E-state index >= 15 is 0 Å². The number of thiocarbonyl (C=S) groups is 1. The minimum atomic E-state index is -0.134. The maximum atomic E-state index is 6.49. The molecule has 1 fully saturated rings. The highest BCUT2D eigenvalue weighted by Crippen LogP contribution is 2.44. The van der Waals surface area contributed by atoms with Crippen molar-refractivity contribution in [1.29, 1.82) is 0 Å². The van der Waals surface area contributed by atoms with Gasteiger partial charge in [-0.15, -0.1) is 11.3 Å². The van der Waals surface area contributed by atoms with Gasteiger partial charge in [0.05, 0.1) is 29.9 Å². The van der Waals surface area contributed by atoms with Crippen LogP contribution in [0.1, 0.15) is 34.7 Å². The summed E-state index contributed by atoms with van der Waals surface area (Å²) >= 11 is 13.9. The highest BCUT2D eigenvalue weighted by Gasteiger charge is 2.42. The third kappa shape index (κ3) is 3.78. The lowest BCUT2D eigenvalue weighted by atomic mass is 9.96. The van der Waals surface area contributed by atoms with Crippen molar-refractivity contribution < 1.29 is 4.74 Å². The Balaban J connectivity index is 1.68. The number of hydrogen-bond acceptors (Lipinski definition) is 5. The van der Waals surface area contributed by atoms with Crippen molar-refractivity contribution in [3.63, 3.8) is 0 Å². The van der Waals surface area contributed by atoms with Crippen LogP contribution in [0, 0.1) is 13.8 Å². The molecule has 3 aromatic heterocycles. The maximum Gasteiger partial charge on any atom is 0.193 e. The van der Waals surface area contributed by atoms with Gasteiger partial charge in [-0.05, 0) is 68.0 Å². The Morgan fingerprint density at radius 2 is 1.97 bits per heavy atom. The van der Waals surface area contributed by atoms with Crippen LogP contribution in [0.4, 0.5) is 5.69 Å². The van der Waals surface area contributed by atoms with Crippen molar-refractivity contribution >= 4 is 46.0 Å². The van der Waals surface area contributed by atoms with E-state index in [0.717, 1.165) is 33.5 Å². The van der Waals surface area contributed by atoms with E-state index < -0.39 is 0 Å². The van der Waals surface area contributed by atoms with Gasteiger partial charge in [0.15, 0.2) is 10.2 Å². The van der Waals surface area contributed by atoms with Gasteiger partial charge in [0.2, 0.25) is 0 Å². The molecule has 1 aliphatic heterocycles. The molecule has 0 aliphatic carbocycles. The molecule has 6 nitrogen and oxygen atoms in total. The van der Waals surface area contributed by atoms with Crippen LogP contribution in [0.15, 0.2) is 60.2 Å². The number of hydrogen-bond donors (Lipinski definition) is 1. The summed E-state index contributed by atoms with van der Waals surface area (Å²) in [4.78, 5) is 11.3. The lowest BCUT2D eigenvalue weighted by molar-refractivity contribution is 0.415. The molecule has 0 spiro atoms. The second-order valence-electron chi connectivity index (χ2n) is 7.79. The molecule has 9 heteroatoms. The maximum absolute atomic E-state index is 6.49. The minimum Gasteiger partial charge on any atom is -0.495 e. The first kappa shape index (κ1) is 21.9. The number of anilines is 1. The van der Waals surface area contributed by atoms with Gasteiger partial charge in [-0.2, -0.15) is 0 Å². The number of pyridine rings is 1. The number of nitrogens with one attached hydrogen (secondary N) is 1. The first-order valence-corrected chi connectivity index (χ1v) is 12.1. The SMILES string of the molecule is COc1ccc(N2C(=S)N[C@@H](c3ccccn3)[C@H]2c2cc(C)n(-c3nccs3)c2C)cc1Cl. The fraction of sp³-hybridized carbons (Fsp3) is 0.208. The Hall–Kier alpha value is -2.94. The molecule has 33 heavy (non-hydrogen) atoms. The van der Waals surface area contributed by atoms with E-state index in [-0.39, 0.29) is 12.1 Å². The first-order valence-electron chi connectivity index (χ1n) is 10.4. The third-order valence-corrected chi connectivity index (χ3v) is 7.28. The van der Waals surface area contributed by atoms with Crippen molar-refractivity contribution in [1.82, 2.24) is 19.9 Å². The molecule has 2 atom stereocenters. The van der Waals surface area contributed by atoms with E-state index in [0.29, 0.717) is 15.9 Å². The van der Waals surface area contributed by atoms with Crippen molar-refractivity contribution in [2.45, 2.75) is 25.9 Å². The van der Waals surface area contributed by atoms with Crippen LogP contribution >= 0.6 is 35.2 Å². The molecule has 1 aliphatic rings. The summed E-state index contributed by atoms with van der Waals surface area (Å²) in [6.07, 6.45) is 3.63. The Labute approximate surface area is 206 Å². The van der Waals surface area contributed by atoms with E-state index in [4.69, 9.17) is 28.6 Å². The van der Waals surface area contributed by atoms with E-state index in [9.17, 15) is 0 Å². The van der Waals surface area contributed by atoms with Gasteiger partial charge >= 0.3 is 0 Å². The van der Waals surface area contributed by atoms with Gasteiger partial charge in [0, 0.05) is 34.8 Å². The second kappa shape index (κ2) is 8.78. The zero-order chi connectivity index (χ0) is 23.1. The largest absolute Gasteiger partial charge is 0.495 e. The lowest BCUT2D eigenvalue weighted by Gasteiger charge is -2.28. The van der Waals surface area contributed by atoms with Crippen LogP contribution in [-0.4, -0.2) is 26.8 Å². The molecule has 0 unspecified atom stereocenters. The summed E-state index contributed by atoms with van der Waals surface area (Å²) in [7, 11) is 1.61. The zero-order valence-corrected chi connectivity index (χ0v) is 20.7. The summed E-state index contributed by atoms with van der Waals surface area (Å²) in [5, 5.41) is 7.59. The topological polar surface area (TPSA) is 55.2 Å². The Kier molecular flexibility index (Phi) is 5.82. The quantitative estimate of drug-likeness (QED) is 0.354. The summed E-state index contributed by atoms with van der Waals surface area (Å²) < 4.78 is 7.54. The van der Waals surface area contributed by atoms with Crippen molar-refractivity contribution in [3.8, 4) is 10.9 Å². The monoisotopic (exact) mass is 495 g/mol. The number of aryl methyl sites for hydroxylation is 1. The Morgan fingerprint density at radius 3 is 2.64 bits per heavy atom. The second-order valence-corrected chi connectivity index (χ2v) is 9.46. The number of halogens is 1. The average molecular weight is 496 g/mol. The van der Waals surface area contributed by atoms with Crippen LogP contribution in [-0.2, 0) is 0 Å². The standard InChI is InChI=1S/C24H22ClN5OS2/c1-14-12-17(15(2)29(14)24-27-10-11-33-24)22-21(19-6-4-5-9-26-19)28-23(32)30(22)16-7-8-20(31-3)18(25)13-16/h4-13,21-22H,1-3H3,(H,28,32)/t21-,22+/m0/s1. The van der Waals surface area contributed by atoms with E-state index in [1.165, 1.54) is 0 Å². The molecule has 0 amide bonds. The van der Waals surface area contributed by atoms with Crippen LogP contribution in [0.3, 0.4) is 0 Å². The van der Waals surface area contributed by atoms with Crippen molar-refractivity contribution in [3.05, 3.63) is 87.9 Å². The number of methoxy groups -OCH3 is 1. The van der Waals surface area contributed by atoms with Crippen LogP contribution in [0.2, 0.25) is 5.02 Å². The summed E-state index contributed by atoms with van der Waals surface area (Å²) in [6.45, 7) is 4.22. The smallest absolute Gasteiger partial charge is 0.193 e. The molecule has 1 N–H and O–H groups in total. The number of ether oxygens (including phenoxy) is 1. The fourth-order valence-electron chi connectivity index (χ4n) is 4.46. The van der Waals surface area contributed by atoms with Gasteiger partial charge in [0.25, 0.3) is 0 Å². The molecule has 0 saturated carbocycles. The number of thiazole rings is 1. The predicted octanol–water partition coefficient (Wildman–Crippen LogP) is 5.78. The molecule has 1 aromatic carbocycles. The molecule has 4 heterocycles. The highest BCUT2D eigenvalue weighted by molar-refractivity contribution is 7.80. The van der Waals surface area contributed by atoms with Crippen LogP contribution in [0.5, 0.6) is 5.75 Å². The molecular weight excluding hydrogens is 474 g/mol. The molecule has 1 saturated heterocycles. The summed E-state index contributed by atoms with van der Waals surface area (Å²) in [5.74, 6) is 0.623. The summed E-state index contributed by atoms with van der Waals surface area (Å²) in [6, 6.07) is 13.6. The molecule has 5 rings (SSSR count). The normalized spacial score (nSPS) is 17.9. The van der Waals surface area contributed by atoms with E-state index in [1.54, 1.807) is 18.4 Å². The predicted molar refractivity (Wildman–Crippen MR) is 137 cm³/mol. The van der Waals surface area contributed by atoms with Gasteiger partial charge in [-0.1, -0.05) is 17.7 Å². The Bertz CT molecular complexity index is 1310. The van der Waals surface area contributed by atoms with E-state index in [2.05, 4.69) is 44.7 Å². The fourth-order valence-corrected chi connectivity index (χ4v) is 5.81. The summed E-state index contributed by atoms with van der Waals surface area (Å²) in [5.41, 5.74) is 5.19. The van der Waals surface area contributed by atoms with Gasteiger partial charge in [0.1, 0.15) is 5.75 Å². The number of nitrogens with zero attached hydrogens (tertiary/aromatic N) is 4. The zero-order valence-electron chi connectivity index (χ0n) is 18.3. The highest BCUT2D eigenvalue weighted by atomic mass is 35.5. The van der Waals surface area contributed by atoms with Gasteiger partial charge < -0.3 is 15.0 Å². The molecule has 0 radical (unpaired) electrons.